The first-order chi connectivity index (χ1) is 6.49. The number of carboxylic acid groups (broad SMARTS) is 1. The Morgan fingerprint density at radius 1 is 1.43 bits per heavy atom. The summed E-state index contributed by atoms with van der Waals surface area (Å²) in [6.07, 6.45) is 0. The van der Waals surface area contributed by atoms with Gasteiger partial charge in [0.05, 0.1) is 7.11 Å². The molecule has 0 unspecified atom stereocenters. The minimum absolute atomic E-state index is 0.0144. The van der Waals surface area contributed by atoms with Gasteiger partial charge in [0.2, 0.25) is 0 Å². The molecule has 1 aromatic rings. The Balaban J connectivity index is 3.56. The van der Waals surface area contributed by atoms with Crippen LogP contribution in [-0.2, 0) is 0 Å². The third-order valence-electron chi connectivity index (χ3n) is 2.20. The number of carbonyl (C=O) groups is 1. The molecule has 1 rings (SSSR count). The van der Waals surface area contributed by atoms with Gasteiger partial charge in [-0.25, -0.2) is 4.79 Å². The number of aromatic hydroxyl groups is 1. The number of hydrogen-bond acceptors (Lipinski definition) is 3. The molecule has 0 radical (unpaired) electrons. The Morgan fingerprint density at radius 2 is 2.00 bits per heavy atom. The molecule has 0 amide bonds. The summed E-state index contributed by atoms with van der Waals surface area (Å²) in [6.45, 7) is 3.42. The zero-order valence-electron chi connectivity index (χ0n) is 8.29. The fourth-order valence-corrected chi connectivity index (χ4v) is 1.34. The SMILES string of the molecule is COc1c(O)cc(C)c(C)c1C(=O)O. The molecular weight excluding hydrogens is 184 g/mol. The van der Waals surface area contributed by atoms with E-state index in [1.54, 1.807) is 13.8 Å². The summed E-state index contributed by atoms with van der Waals surface area (Å²) in [6, 6.07) is 1.49. The number of phenolic OH excluding ortho intramolecular Hbond substituents is 1. The summed E-state index contributed by atoms with van der Waals surface area (Å²) in [5.41, 5.74) is 1.35. The molecule has 76 valence electrons. The summed E-state index contributed by atoms with van der Waals surface area (Å²) in [4.78, 5) is 10.9. The molecule has 14 heavy (non-hydrogen) atoms. The number of benzene rings is 1. The van der Waals surface area contributed by atoms with Crippen LogP contribution in [0.3, 0.4) is 0 Å². The van der Waals surface area contributed by atoms with Crippen LogP contribution in [0.1, 0.15) is 21.5 Å². The van der Waals surface area contributed by atoms with E-state index >= 15 is 0 Å². The highest BCUT2D eigenvalue weighted by atomic mass is 16.5. The fourth-order valence-electron chi connectivity index (χ4n) is 1.34. The van der Waals surface area contributed by atoms with Crippen LogP contribution in [0.2, 0.25) is 0 Å². The van der Waals surface area contributed by atoms with E-state index in [1.165, 1.54) is 13.2 Å². The van der Waals surface area contributed by atoms with E-state index in [4.69, 9.17) is 9.84 Å². The maximum atomic E-state index is 10.9. The van der Waals surface area contributed by atoms with Gasteiger partial charge in [-0.15, -0.1) is 0 Å². The van der Waals surface area contributed by atoms with Gasteiger partial charge in [-0.1, -0.05) is 0 Å². The second kappa shape index (κ2) is 3.57. The van der Waals surface area contributed by atoms with Crippen LogP contribution < -0.4 is 4.74 Å². The van der Waals surface area contributed by atoms with Crippen LogP contribution >= 0.6 is 0 Å². The molecule has 0 bridgehead atoms. The number of aryl methyl sites for hydroxylation is 1. The molecule has 0 saturated heterocycles. The Kier molecular flexibility index (Phi) is 2.65. The van der Waals surface area contributed by atoms with Crippen LogP contribution in [0, 0.1) is 13.8 Å². The van der Waals surface area contributed by atoms with Gasteiger partial charge in [-0.2, -0.15) is 0 Å². The predicted octanol–water partition coefficient (Wildman–Crippen LogP) is 1.72. The second-order valence-electron chi connectivity index (χ2n) is 3.05. The lowest BCUT2D eigenvalue weighted by Crippen LogP contribution is -2.05. The number of carboxylic acids is 1. The monoisotopic (exact) mass is 196 g/mol. The van der Waals surface area contributed by atoms with E-state index in [9.17, 15) is 9.90 Å². The van der Waals surface area contributed by atoms with Gasteiger partial charge in [-0.3, -0.25) is 0 Å². The molecular formula is C10H12O4. The van der Waals surface area contributed by atoms with Gasteiger partial charge >= 0.3 is 5.97 Å². The standard InChI is InChI=1S/C10H12O4/c1-5-4-7(11)9(14-3)8(6(5)2)10(12)13/h4,11H,1-3H3,(H,12,13). The topological polar surface area (TPSA) is 66.8 Å². The van der Waals surface area contributed by atoms with Gasteiger partial charge in [0, 0.05) is 0 Å². The van der Waals surface area contributed by atoms with Gasteiger partial charge in [0.1, 0.15) is 5.56 Å². The lowest BCUT2D eigenvalue weighted by atomic mass is 10.0. The number of rotatable bonds is 2. The van der Waals surface area contributed by atoms with Crippen molar-refractivity contribution in [3.63, 3.8) is 0 Å². The Hall–Kier alpha value is -1.71. The van der Waals surface area contributed by atoms with Crippen molar-refractivity contribution in [2.75, 3.05) is 7.11 Å². The van der Waals surface area contributed by atoms with Gasteiger partial charge in [0.15, 0.2) is 11.5 Å². The number of phenols is 1. The van der Waals surface area contributed by atoms with Gasteiger partial charge < -0.3 is 14.9 Å². The molecule has 0 spiro atoms. The molecule has 0 aliphatic heterocycles. The summed E-state index contributed by atoms with van der Waals surface area (Å²) < 4.78 is 4.84. The van der Waals surface area contributed by atoms with Crippen molar-refractivity contribution < 1.29 is 19.7 Å². The molecule has 0 atom stereocenters. The Morgan fingerprint density at radius 3 is 2.43 bits per heavy atom. The fraction of sp³-hybridized carbons (Fsp3) is 0.300. The lowest BCUT2D eigenvalue weighted by Gasteiger charge is -2.11. The van der Waals surface area contributed by atoms with Gasteiger partial charge in [-0.05, 0) is 31.0 Å². The van der Waals surface area contributed by atoms with Crippen molar-refractivity contribution in [3.05, 3.63) is 22.8 Å². The average Bonchev–Trinajstić information content (AvgIpc) is 2.10. The average molecular weight is 196 g/mol. The van der Waals surface area contributed by atoms with E-state index in [-0.39, 0.29) is 17.1 Å². The van der Waals surface area contributed by atoms with E-state index in [2.05, 4.69) is 0 Å². The summed E-state index contributed by atoms with van der Waals surface area (Å²) in [7, 11) is 1.33. The number of methoxy groups -OCH3 is 1. The van der Waals surface area contributed by atoms with Crippen molar-refractivity contribution in [2.24, 2.45) is 0 Å². The van der Waals surface area contributed by atoms with Crippen molar-refractivity contribution in [1.29, 1.82) is 0 Å². The third kappa shape index (κ3) is 1.51. The molecule has 0 saturated carbocycles. The normalized spacial score (nSPS) is 9.93. The van der Waals surface area contributed by atoms with Gasteiger partial charge in [0.25, 0.3) is 0 Å². The summed E-state index contributed by atoms with van der Waals surface area (Å²) in [5.74, 6) is -1.23. The van der Waals surface area contributed by atoms with E-state index in [0.29, 0.717) is 5.56 Å². The van der Waals surface area contributed by atoms with Crippen molar-refractivity contribution in [1.82, 2.24) is 0 Å². The van der Waals surface area contributed by atoms with E-state index in [1.807, 2.05) is 0 Å². The molecule has 4 nitrogen and oxygen atoms in total. The summed E-state index contributed by atoms with van der Waals surface area (Å²) >= 11 is 0. The first-order valence-electron chi connectivity index (χ1n) is 4.09. The van der Waals surface area contributed by atoms with Crippen molar-refractivity contribution in [2.45, 2.75) is 13.8 Å². The van der Waals surface area contributed by atoms with Crippen LogP contribution in [0.15, 0.2) is 6.07 Å². The first kappa shape index (κ1) is 10.4. The maximum Gasteiger partial charge on any atom is 0.339 e. The second-order valence-corrected chi connectivity index (χ2v) is 3.05. The lowest BCUT2D eigenvalue weighted by molar-refractivity contribution is 0.0691. The van der Waals surface area contributed by atoms with Crippen LogP contribution in [-0.4, -0.2) is 23.3 Å². The molecule has 2 N–H and O–H groups in total. The zero-order chi connectivity index (χ0) is 10.9. The largest absolute Gasteiger partial charge is 0.504 e. The predicted molar refractivity (Wildman–Crippen MR) is 51.1 cm³/mol. The molecule has 1 aromatic carbocycles. The highest BCUT2D eigenvalue weighted by Gasteiger charge is 2.19. The quantitative estimate of drug-likeness (QED) is 0.755. The minimum atomic E-state index is -1.10. The number of ether oxygens (including phenoxy) is 1. The van der Waals surface area contributed by atoms with Crippen molar-refractivity contribution >= 4 is 5.97 Å². The zero-order valence-corrected chi connectivity index (χ0v) is 8.29. The smallest absolute Gasteiger partial charge is 0.339 e. The highest BCUT2D eigenvalue weighted by molar-refractivity contribution is 5.94. The highest BCUT2D eigenvalue weighted by Crippen LogP contribution is 2.34. The van der Waals surface area contributed by atoms with Crippen molar-refractivity contribution in [3.8, 4) is 11.5 Å². The summed E-state index contributed by atoms with van der Waals surface area (Å²) in [5, 5.41) is 18.4. The molecule has 0 aromatic heterocycles. The first-order valence-corrected chi connectivity index (χ1v) is 4.09. The van der Waals surface area contributed by atoms with E-state index in [0.717, 1.165) is 5.56 Å². The van der Waals surface area contributed by atoms with Crippen LogP contribution in [0.4, 0.5) is 0 Å². The Labute approximate surface area is 81.8 Å². The molecule has 4 heteroatoms. The van der Waals surface area contributed by atoms with E-state index < -0.39 is 5.97 Å². The van der Waals surface area contributed by atoms with Crippen LogP contribution in [0.5, 0.6) is 11.5 Å². The molecule has 0 aliphatic rings. The number of hydrogen-bond donors (Lipinski definition) is 2. The maximum absolute atomic E-state index is 10.9. The molecule has 0 fully saturated rings. The molecule has 0 aliphatic carbocycles. The van der Waals surface area contributed by atoms with Crippen LogP contribution in [0.25, 0.3) is 0 Å². The Bertz CT molecular complexity index is 382. The number of aromatic carboxylic acids is 1. The minimum Gasteiger partial charge on any atom is -0.504 e. The third-order valence-corrected chi connectivity index (χ3v) is 2.20. The molecule has 0 heterocycles.